The van der Waals surface area contributed by atoms with Crippen molar-refractivity contribution in [2.45, 2.75) is 33.4 Å². The molecule has 2 aromatic rings. The molecule has 1 N–H and O–H groups in total. The van der Waals surface area contributed by atoms with Crippen LogP contribution in [0, 0.1) is 13.8 Å². The minimum absolute atomic E-state index is 0.455. The van der Waals surface area contributed by atoms with Gasteiger partial charge in [-0.3, -0.25) is 4.90 Å². The summed E-state index contributed by atoms with van der Waals surface area (Å²) in [6.07, 6.45) is 0. The van der Waals surface area contributed by atoms with Crippen molar-refractivity contribution in [2.75, 3.05) is 39.8 Å². The Morgan fingerprint density at radius 2 is 1.77 bits per heavy atom. The maximum Gasteiger partial charge on any atom is 0.0649 e. The molecule has 2 heterocycles. The van der Waals surface area contributed by atoms with Crippen molar-refractivity contribution >= 4 is 11.6 Å². The van der Waals surface area contributed by atoms with E-state index in [1.54, 1.807) is 0 Å². The van der Waals surface area contributed by atoms with Crippen LogP contribution in [0.2, 0.25) is 5.02 Å². The van der Waals surface area contributed by atoms with Crippen LogP contribution >= 0.6 is 11.6 Å². The molecule has 0 spiro atoms. The summed E-state index contributed by atoms with van der Waals surface area (Å²) in [5.41, 5.74) is 4.60. The van der Waals surface area contributed by atoms with E-state index in [2.05, 4.69) is 42.9 Å². The van der Waals surface area contributed by atoms with Gasteiger partial charge >= 0.3 is 0 Å². The van der Waals surface area contributed by atoms with E-state index < -0.39 is 0 Å². The molecule has 0 radical (unpaired) electrons. The van der Waals surface area contributed by atoms with Crippen LogP contribution in [0.1, 0.15) is 23.9 Å². The lowest BCUT2D eigenvalue weighted by Gasteiger charge is -2.34. The van der Waals surface area contributed by atoms with Gasteiger partial charge in [-0.05, 0) is 52.1 Å². The summed E-state index contributed by atoms with van der Waals surface area (Å²) in [6.45, 7) is 13.1. The number of hydrogen-bond donors (Lipinski definition) is 1. The Bertz CT molecular complexity index is 717. The summed E-state index contributed by atoms with van der Waals surface area (Å²) in [7, 11) is 2.20. The smallest absolute Gasteiger partial charge is 0.0649 e. The Labute approximate surface area is 161 Å². The SMILES string of the molecule is Cc1nn(-c2ccc(Cl)cc2)c(C)c1CNC(C)CN1CCN(C)CC1. The number of hydrogen-bond acceptors (Lipinski definition) is 4. The number of aromatic nitrogens is 2. The first-order chi connectivity index (χ1) is 12.4. The molecule has 1 atom stereocenters. The Hall–Kier alpha value is -1.40. The highest BCUT2D eigenvalue weighted by molar-refractivity contribution is 6.30. The third-order valence-electron chi connectivity index (χ3n) is 5.27. The minimum Gasteiger partial charge on any atom is -0.309 e. The molecule has 1 fully saturated rings. The molecule has 26 heavy (non-hydrogen) atoms. The number of nitrogens with zero attached hydrogens (tertiary/aromatic N) is 4. The van der Waals surface area contributed by atoms with Crippen molar-refractivity contribution in [3.05, 3.63) is 46.2 Å². The third-order valence-corrected chi connectivity index (χ3v) is 5.52. The second-order valence-corrected chi connectivity index (χ2v) is 7.86. The van der Waals surface area contributed by atoms with Crippen LogP contribution in [0.3, 0.4) is 0 Å². The first-order valence-electron chi connectivity index (χ1n) is 9.39. The highest BCUT2D eigenvalue weighted by atomic mass is 35.5. The molecule has 142 valence electrons. The summed E-state index contributed by atoms with van der Waals surface area (Å²) < 4.78 is 2.01. The maximum atomic E-state index is 6.00. The second kappa shape index (κ2) is 8.53. The van der Waals surface area contributed by atoms with E-state index in [1.165, 1.54) is 24.3 Å². The number of benzene rings is 1. The van der Waals surface area contributed by atoms with Gasteiger partial charge in [-0.25, -0.2) is 4.68 Å². The lowest BCUT2D eigenvalue weighted by molar-refractivity contribution is 0.144. The fourth-order valence-corrected chi connectivity index (χ4v) is 3.65. The molecule has 0 amide bonds. The summed E-state index contributed by atoms with van der Waals surface area (Å²) in [4.78, 5) is 4.95. The van der Waals surface area contributed by atoms with Crippen molar-refractivity contribution in [1.29, 1.82) is 0 Å². The fourth-order valence-electron chi connectivity index (χ4n) is 3.52. The zero-order valence-corrected chi connectivity index (χ0v) is 17.1. The summed E-state index contributed by atoms with van der Waals surface area (Å²) in [5.74, 6) is 0. The molecule has 5 nitrogen and oxygen atoms in total. The predicted octanol–water partition coefficient (Wildman–Crippen LogP) is 2.87. The Morgan fingerprint density at radius 1 is 1.12 bits per heavy atom. The van der Waals surface area contributed by atoms with E-state index in [0.29, 0.717) is 6.04 Å². The average Bonchev–Trinajstić information content (AvgIpc) is 2.90. The molecule has 0 bridgehead atoms. The van der Waals surface area contributed by atoms with Crippen LogP contribution in [0.4, 0.5) is 0 Å². The van der Waals surface area contributed by atoms with Crippen molar-refractivity contribution < 1.29 is 0 Å². The highest BCUT2D eigenvalue weighted by Gasteiger charge is 2.17. The predicted molar refractivity (Wildman–Crippen MR) is 108 cm³/mol. The number of piperazine rings is 1. The molecular weight excluding hydrogens is 346 g/mol. The maximum absolute atomic E-state index is 6.00. The Balaban J connectivity index is 1.60. The minimum atomic E-state index is 0.455. The van der Waals surface area contributed by atoms with Crippen LogP contribution < -0.4 is 5.32 Å². The van der Waals surface area contributed by atoms with Crippen LogP contribution in [0.15, 0.2) is 24.3 Å². The normalized spacial score (nSPS) is 17.6. The molecule has 0 saturated carbocycles. The zero-order valence-electron chi connectivity index (χ0n) is 16.3. The summed E-state index contributed by atoms with van der Waals surface area (Å²) in [5, 5.41) is 9.16. The van der Waals surface area contributed by atoms with E-state index in [-0.39, 0.29) is 0 Å². The van der Waals surface area contributed by atoms with Gasteiger partial charge in [0.2, 0.25) is 0 Å². The van der Waals surface area contributed by atoms with Gasteiger partial charge < -0.3 is 10.2 Å². The van der Waals surface area contributed by atoms with Gasteiger partial charge in [0, 0.05) is 61.6 Å². The fraction of sp³-hybridized carbons (Fsp3) is 0.550. The van der Waals surface area contributed by atoms with Crippen molar-refractivity contribution in [1.82, 2.24) is 24.9 Å². The molecule has 1 aromatic carbocycles. The van der Waals surface area contributed by atoms with Crippen LogP contribution in [-0.2, 0) is 6.54 Å². The van der Waals surface area contributed by atoms with Crippen molar-refractivity contribution in [3.63, 3.8) is 0 Å². The number of rotatable bonds is 6. The van der Waals surface area contributed by atoms with E-state index in [4.69, 9.17) is 16.7 Å². The first-order valence-corrected chi connectivity index (χ1v) is 9.77. The van der Waals surface area contributed by atoms with Gasteiger partial charge in [0.15, 0.2) is 0 Å². The molecule has 3 rings (SSSR count). The monoisotopic (exact) mass is 375 g/mol. The lowest BCUT2D eigenvalue weighted by Crippen LogP contribution is -2.48. The Morgan fingerprint density at radius 3 is 2.42 bits per heavy atom. The topological polar surface area (TPSA) is 36.3 Å². The summed E-state index contributed by atoms with van der Waals surface area (Å²) in [6, 6.07) is 8.28. The number of likely N-dealkylation sites (N-methyl/N-ethyl adjacent to an activating group) is 1. The van der Waals surface area contributed by atoms with Gasteiger partial charge in [-0.2, -0.15) is 5.10 Å². The second-order valence-electron chi connectivity index (χ2n) is 7.42. The zero-order chi connectivity index (χ0) is 18.7. The van der Waals surface area contributed by atoms with E-state index in [9.17, 15) is 0 Å². The van der Waals surface area contributed by atoms with E-state index in [0.717, 1.165) is 42.6 Å². The van der Waals surface area contributed by atoms with Crippen LogP contribution in [0.5, 0.6) is 0 Å². The molecule has 6 heteroatoms. The molecular formula is C20H30ClN5. The molecule has 1 unspecified atom stereocenters. The van der Waals surface area contributed by atoms with Gasteiger partial charge in [-0.1, -0.05) is 11.6 Å². The van der Waals surface area contributed by atoms with Crippen LogP contribution in [0.25, 0.3) is 5.69 Å². The quantitative estimate of drug-likeness (QED) is 0.842. The first kappa shape index (κ1) is 19.4. The molecule has 1 aliphatic heterocycles. The Kier molecular flexibility index (Phi) is 6.35. The molecule has 1 aromatic heterocycles. The number of aryl methyl sites for hydroxylation is 1. The molecule has 1 aliphatic rings. The van der Waals surface area contributed by atoms with Gasteiger partial charge in [0.05, 0.1) is 11.4 Å². The molecule has 1 saturated heterocycles. The van der Waals surface area contributed by atoms with Crippen molar-refractivity contribution in [2.24, 2.45) is 0 Å². The van der Waals surface area contributed by atoms with Crippen LogP contribution in [-0.4, -0.2) is 65.4 Å². The third kappa shape index (κ3) is 4.65. The average molecular weight is 376 g/mol. The largest absolute Gasteiger partial charge is 0.309 e. The lowest BCUT2D eigenvalue weighted by atomic mass is 10.1. The van der Waals surface area contributed by atoms with E-state index >= 15 is 0 Å². The standard InChI is InChI=1S/C20H30ClN5/c1-15(14-25-11-9-24(4)10-12-25)22-13-20-16(2)23-26(17(20)3)19-7-5-18(21)6-8-19/h5-8,15,22H,9-14H2,1-4H3. The summed E-state index contributed by atoms with van der Waals surface area (Å²) >= 11 is 6.00. The van der Waals surface area contributed by atoms with Gasteiger partial charge in [-0.15, -0.1) is 0 Å². The van der Waals surface area contributed by atoms with Crippen molar-refractivity contribution in [3.8, 4) is 5.69 Å². The van der Waals surface area contributed by atoms with Gasteiger partial charge in [0.1, 0.15) is 0 Å². The van der Waals surface area contributed by atoms with Gasteiger partial charge in [0.25, 0.3) is 0 Å². The number of halogens is 1. The molecule has 0 aliphatic carbocycles. The highest BCUT2D eigenvalue weighted by Crippen LogP contribution is 2.19. The number of nitrogens with one attached hydrogen (secondary N) is 1. The van der Waals surface area contributed by atoms with E-state index in [1.807, 2.05) is 28.9 Å².